The van der Waals surface area contributed by atoms with Crippen LogP contribution in [0.4, 0.5) is 4.79 Å². The second kappa shape index (κ2) is 5.16. The first kappa shape index (κ1) is 13.2. The lowest BCUT2D eigenvalue weighted by molar-refractivity contribution is -0.146. The summed E-state index contributed by atoms with van der Waals surface area (Å²) in [6, 6.07) is -0.665. The van der Waals surface area contributed by atoms with Crippen LogP contribution in [0.5, 0.6) is 0 Å². The van der Waals surface area contributed by atoms with Gasteiger partial charge in [0.05, 0.1) is 0 Å². The van der Waals surface area contributed by atoms with Crippen LogP contribution in [-0.4, -0.2) is 53.1 Å². The molecule has 2 aliphatic rings. The lowest BCUT2D eigenvalue weighted by Crippen LogP contribution is -2.59. The van der Waals surface area contributed by atoms with Crippen LogP contribution in [0.3, 0.4) is 0 Å². The molecule has 1 saturated heterocycles. The van der Waals surface area contributed by atoms with Gasteiger partial charge in [-0.1, -0.05) is 12.8 Å². The molecule has 1 aliphatic carbocycles. The summed E-state index contributed by atoms with van der Waals surface area (Å²) in [4.78, 5) is 26.7. The van der Waals surface area contributed by atoms with E-state index in [-0.39, 0.29) is 12.1 Å². The summed E-state index contributed by atoms with van der Waals surface area (Å²) in [5, 5.41) is 9.32. The van der Waals surface area contributed by atoms with Gasteiger partial charge in [-0.2, -0.15) is 0 Å². The summed E-state index contributed by atoms with van der Waals surface area (Å²) in [6.45, 7) is 0. The maximum absolute atomic E-state index is 12.3. The first-order valence-electron chi connectivity index (χ1n) is 6.74. The van der Waals surface area contributed by atoms with Gasteiger partial charge in [0.1, 0.15) is 6.04 Å². The fourth-order valence-electron chi connectivity index (χ4n) is 3.38. The lowest BCUT2D eigenvalue weighted by Gasteiger charge is -2.47. The molecule has 0 aromatic heterocycles. The molecule has 2 fully saturated rings. The molecule has 5 heteroatoms. The molecule has 0 radical (unpaired) electrons. The van der Waals surface area contributed by atoms with E-state index in [4.69, 9.17) is 0 Å². The summed E-state index contributed by atoms with van der Waals surface area (Å²) < 4.78 is 0. The van der Waals surface area contributed by atoms with Gasteiger partial charge in [0.15, 0.2) is 0 Å². The number of hydrogen-bond donors (Lipinski definition) is 1. The average Bonchev–Trinajstić information content (AvgIpc) is 2.36. The molecule has 2 rings (SSSR count). The van der Waals surface area contributed by atoms with Crippen molar-refractivity contribution in [3.63, 3.8) is 0 Å². The Labute approximate surface area is 108 Å². The van der Waals surface area contributed by atoms with Crippen molar-refractivity contribution >= 4 is 12.0 Å². The van der Waals surface area contributed by atoms with Crippen LogP contribution < -0.4 is 0 Å². The molecule has 1 heterocycles. The maximum Gasteiger partial charge on any atom is 0.326 e. The zero-order chi connectivity index (χ0) is 13.3. The highest BCUT2D eigenvalue weighted by molar-refractivity contribution is 5.83. The Morgan fingerprint density at radius 2 is 1.78 bits per heavy atom. The van der Waals surface area contributed by atoms with Gasteiger partial charge in [0.25, 0.3) is 0 Å². The third kappa shape index (κ3) is 2.31. The number of aliphatic carboxylic acids is 1. The molecule has 0 bridgehead atoms. The number of carboxylic acid groups (broad SMARTS) is 1. The molecule has 1 N–H and O–H groups in total. The number of carboxylic acids is 1. The maximum atomic E-state index is 12.3. The van der Waals surface area contributed by atoms with Crippen LogP contribution in [0.2, 0.25) is 0 Å². The molecule has 1 aliphatic heterocycles. The fraction of sp³-hybridized carbons (Fsp3) is 0.846. The molecule has 0 aromatic rings. The quantitative estimate of drug-likeness (QED) is 0.776. The lowest BCUT2D eigenvalue weighted by atomic mass is 9.76. The molecule has 2 amide bonds. The SMILES string of the molecule is CN(C)C(=O)N1C(C(=O)O)CCC2CCCCC21. The Morgan fingerprint density at radius 3 is 2.39 bits per heavy atom. The van der Waals surface area contributed by atoms with Gasteiger partial charge in [-0.15, -0.1) is 0 Å². The van der Waals surface area contributed by atoms with Crippen molar-refractivity contribution in [2.45, 2.75) is 50.6 Å². The monoisotopic (exact) mass is 254 g/mol. The molecule has 18 heavy (non-hydrogen) atoms. The summed E-state index contributed by atoms with van der Waals surface area (Å²) in [5.74, 6) is -0.368. The Kier molecular flexibility index (Phi) is 3.78. The highest BCUT2D eigenvalue weighted by Crippen LogP contribution is 2.38. The molecule has 102 valence electrons. The predicted octanol–water partition coefficient (Wildman–Crippen LogP) is 1.78. The van der Waals surface area contributed by atoms with Gasteiger partial charge in [-0.3, -0.25) is 0 Å². The number of nitrogens with zero attached hydrogens (tertiary/aromatic N) is 2. The van der Waals surface area contributed by atoms with E-state index in [1.165, 1.54) is 11.3 Å². The molecule has 0 spiro atoms. The topological polar surface area (TPSA) is 60.9 Å². The molecule has 0 aromatic carbocycles. The van der Waals surface area contributed by atoms with Crippen LogP contribution in [0.25, 0.3) is 0 Å². The minimum absolute atomic E-state index is 0.128. The zero-order valence-electron chi connectivity index (χ0n) is 11.1. The second-order valence-electron chi connectivity index (χ2n) is 5.63. The molecule has 3 atom stereocenters. The second-order valence-corrected chi connectivity index (χ2v) is 5.63. The van der Waals surface area contributed by atoms with Crippen molar-refractivity contribution in [3.05, 3.63) is 0 Å². The zero-order valence-corrected chi connectivity index (χ0v) is 11.1. The van der Waals surface area contributed by atoms with Crippen LogP contribution in [0, 0.1) is 5.92 Å². The third-order valence-corrected chi connectivity index (χ3v) is 4.26. The van der Waals surface area contributed by atoms with Crippen molar-refractivity contribution in [2.24, 2.45) is 5.92 Å². The molecule has 3 unspecified atom stereocenters. The van der Waals surface area contributed by atoms with Crippen LogP contribution >= 0.6 is 0 Å². The van der Waals surface area contributed by atoms with E-state index in [9.17, 15) is 14.7 Å². The number of fused-ring (bicyclic) bond motifs is 1. The largest absolute Gasteiger partial charge is 0.480 e. The Balaban J connectivity index is 2.24. The van der Waals surface area contributed by atoms with E-state index in [0.717, 1.165) is 25.7 Å². The summed E-state index contributed by atoms with van der Waals surface area (Å²) in [7, 11) is 3.38. The number of carbonyl (C=O) groups excluding carboxylic acids is 1. The Hall–Kier alpha value is -1.26. The van der Waals surface area contributed by atoms with Crippen molar-refractivity contribution in [2.75, 3.05) is 14.1 Å². The van der Waals surface area contributed by atoms with Gasteiger partial charge >= 0.3 is 12.0 Å². The van der Waals surface area contributed by atoms with Gasteiger partial charge in [0.2, 0.25) is 0 Å². The van der Waals surface area contributed by atoms with Crippen molar-refractivity contribution < 1.29 is 14.7 Å². The molecular formula is C13H22N2O3. The Bertz CT molecular complexity index is 343. The third-order valence-electron chi connectivity index (χ3n) is 4.26. The standard InChI is InChI=1S/C13H22N2O3/c1-14(2)13(18)15-10-6-4-3-5-9(10)7-8-11(15)12(16)17/h9-11H,3-8H2,1-2H3,(H,16,17). The number of piperidine rings is 1. The van der Waals surface area contributed by atoms with E-state index in [2.05, 4.69) is 0 Å². The van der Waals surface area contributed by atoms with E-state index in [1.807, 2.05) is 0 Å². The van der Waals surface area contributed by atoms with Gasteiger partial charge in [-0.25, -0.2) is 9.59 Å². The average molecular weight is 254 g/mol. The minimum atomic E-state index is -0.866. The fourth-order valence-corrected chi connectivity index (χ4v) is 3.38. The van der Waals surface area contributed by atoms with Crippen LogP contribution in [0.1, 0.15) is 38.5 Å². The van der Waals surface area contributed by atoms with Crippen molar-refractivity contribution in [1.29, 1.82) is 0 Å². The van der Waals surface area contributed by atoms with E-state index >= 15 is 0 Å². The van der Waals surface area contributed by atoms with Gasteiger partial charge in [0, 0.05) is 20.1 Å². The number of urea groups is 1. The van der Waals surface area contributed by atoms with Crippen LogP contribution in [-0.2, 0) is 4.79 Å². The van der Waals surface area contributed by atoms with E-state index in [0.29, 0.717) is 12.3 Å². The molecule has 5 nitrogen and oxygen atoms in total. The summed E-state index contributed by atoms with van der Waals surface area (Å²) in [6.07, 6.45) is 5.94. The highest BCUT2D eigenvalue weighted by atomic mass is 16.4. The minimum Gasteiger partial charge on any atom is -0.480 e. The van der Waals surface area contributed by atoms with Gasteiger partial charge < -0.3 is 14.9 Å². The van der Waals surface area contributed by atoms with Crippen LogP contribution in [0.15, 0.2) is 0 Å². The van der Waals surface area contributed by atoms with Crippen molar-refractivity contribution in [1.82, 2.24) is 9.80 Å². The number of carbonyl (C=O) groups is 2. The Morgan fingerprint density at radius 1 is 1.11 bits per heavy atom. The number of amides is 2. The molecular weight excluding hydrogens is 232 g/mol. The smallest absolute Gasteiger partial charge is 0.326 e. The first-order chi connectivity index (χ1) is 8.52. The normalized spacial score (nSPS) is 31.7. The number of hydrogen-bond acceptors (Lipinski definition) is 2. The van der Waals surface area contributed by atoms with Gasteiger partial charge in [-0.05, 0) is 31.6 Å². The first-order valence-corrected chi connectivity index (χ1v) is 6.74. The summed E-state index contributed by atoms with van der Waals surface area (Å²) in [5.41, 5.74) is 0. The van der Waals surface area contributed by atoms with E-state index in [1.54, 1.807) is 19.0 Å². The number of rotatable bonds is 1. The predicted molar refractivity (Wildman–Crippen MR) is 67.3 cm³/mol. The number of likely N-dealkylation sites (tertiary alicyclic amines) is 1. The van der Waals surface area contributed by atoms with E-state index < -0.39 is 12.0 Å². The molecule has 1 saturated carbocycles. The van der Waals surface area contributed by atoms with Crippen molar-refractivity contribution in [3.8, 4) is 0 Å². The summed E-state index contributed by atoms with van der Waals surface area (Å²) >= 11 is 0. The highest BCUT2D eigenvalue weighted by Gasteiger charge is 2.44.